The number of carbonyl (C=O) groups excluding carboxylic acids is 1. The fourth-order valence-electron chi connectivity index (χ4n) is 2.47. The topological polar surface area (TPSA) is 107 Å². The highest BCUT2D eigenvalue weighted by molar-refractivity contribution is 7.86. The van der Waals surface area contributed by atoms with Crippen LogP contribution in [0.25, 0.3) is 0 Å². The van der Waals surface area contributed by atoms with Crippen LogP contribution < -0.4 is 4.18 Å². The molecule has 0 radical (unpaired) electrons. The Hall–Kier alpha value is -2.94. The minimum Gasteiger partial charge on any atom is -0.383 e. The molecule has 27 heavy (non-hydrogen) atoms. The molecule has 0 fully saturated rings. The average molecular weight is 392 g/mol. The molecule has 0 aliphatic rings. The Balaban J connectivity index is 2.28. The number of hydrogen-bond acceptors (Lipinski definition) is 6. The predicted molar refractivity (Wildman–Crippen MR) is 100 cm³/mol. The Morgan fingerprint density at radius 2 is 1.85 bits per heavy atom. The van der Waals surface area contributed by atoms with Crippen molar-refractivity contribution in [2.45, 2.75) is 26.4 Å². The van der Waals surface area contributed by atoms with Crippen molar-refractivity contribution >= 4 is 21.7 Å². The summed E-state index contributed by atoms with van der Waals surface area (Å²) in [6.45, 7) is 3.85. The SMILES string of the molecule is CC(C)N(Cc1cccc(OS(C)(=O)=O)c1)C(=O)c1cccc([N+](=O)[O-])c1. The van der Waals surface area contributed by atoms with Crippen molar-refractivity contribution in [3.63, 3.8) is 0 Å². The predicted octanol–water partition coefficient (Wildman–Crippen LogP) is 2.98. The van der Waals surface area contributed by atoms with Crippen LogP contribution in [-0.2, 0) is 16.7 Å². The Morgan fingerprint density at radius 3 is 2.44 bits per heavy atom. The number of benzene rings is 2. The summed E-state index contributed by atoms with van der Waals surface area (Å²) >= 11 is 0. The molecule has 8 nitrogen and oxygen atoms in total. The molecule has 0 aliphatic carbocycles. The quantitative estimate of drug-likeness (QED) is 0.407. The zero-order chi connectivity index (χ0) is 20.2. The van der Waals surface area contributed by atoms with Gasteiger partial charge < -0.3 is 9.08 Å². The molecule has 2 rings (SSSR count). The molecule has 2 aromatic rings. The molecule has 0 atom stereocenters. The van der Waals surface area contributed by atoms with E-state index in [4.69, 9.17) is 4.18 Å². The summed E-state index contributed by atoms with van der Waals surface area (Å²) in [6.07, 6.45) is 0.950. The van der Waals surface area contributed by atoms with Crippen molar-refractivity contribution < 1.29 is 22.3 Å². The molecule has 0 saturated carbocycles. The lowest BCUT2D eigenvalue weighted by Crippen LogP contribution is -2.36. The van der Waals surface area contributed by atoms with Gasteiger partial charge in [-0.15, -0.1) is 0 Å². The first kappa shape index (κ1) is 20.4. The summed E-state index contributed by atoms with van der Waals surface area (Å²) in [5.74, 6) is -0.204. The van der Waals surface area contributed by atoms with Crippen LogP contribution in [0.1, 0.15) is 29.8 Å². The third-order valence-electron chi connectivity index (χ3n) is 3.69. The average Bonchev–Trinajstić information content (AvgIpc) is 2.57. The van der Waals surface area contributed by atoms with Gasteiger partial charge in [-0.05, 0) is 37.6 Å². The summed E-state index contributed by atoms with van der Waals surface area (Å²) in [4.78, 5) is 24.8. The largest absolute Gasteiger partial charge is 0.383 e. The maximum absolute atomic E-state index is 12.9. The molecular formula is C18H20N2O6S. The number of amides is 1. The summed E-state index contributed by atoms with van der Waals surface area (Å²) in [6, 6.07) is 11.8. The van der Waals surface area contributed by atoms with Crippen molar-refractivity contribution in [2.24, 2.45) is 0 Å². The van der Waals surface area contributed by atoms with E-state index in [0.717, 1.165) is 6.26 Å². The molecule has 9 heteroatoms. The van der Waals surface area contributed by atoms with Gasteiger partial charge in [0, 0.05) is 30.3 Å². The number of nitrogens with zero attached hydrogens (tertiary/aromatic N) is 2. The normalized spacial score (nSPS) is 11.3. The van der Waals surface area contributed by atoms with Gasteiger partial charge in [0.15, 0.2) is 0 Å². The Bertz CT molecular complexity index is 956. The highest BCUT2D eigenvalue weighted by atomic mass is 32.2. The van der Waals surface area contributed by atoms with Crippen molar-refractivity contribution in [3.8, 4) is 5.75 Å². The maximum Gasteiger partial charge on any atom is 0.306 e. The molecule has 144 valence electrons. The number of carbonyl (C=O) groups is 1. The monoisotopic (exact) mass is 392 g/mol. The van der Waals surface area contributed by atoms with E-state index in [1.165, 1.54) is 36.4 Å². The minimum absolute atomic E-state index is 0.154. The smallest absolute Gasteiger partial charge is 0.306 e. The molecule has 0 aromatic heterocycles. The number of rotatable bonds is 7. The number of hydrogen-bond donors (Lipinski definition) is 0. The molecule has 0 heterocycles. The van der Waals surface area contributed by atoms with Crippen molar-refractivity contribution in [2.75, 3.05) is 6.26 Å². The Labute approximate surface area is 157 Å². The van der Waals surface area contributed by atoms with Crippen LogP contribution >= 0.6 is 0 Å². The lowest BCUT2D eigenvalue weighted by molar-refractivity contribution is -0.384. The fourth-order valence-corrected chi connectivity index (χ4v) is 2.93. The third-order valence-corrected chi connectivity index (χ3v) is 4.18. The maximum atomic E-state index is 12.9. The molecular weight excluding hydrogens is 372 g/mol. The minimum atomic E-state index is -3.66. The lowest BCUT2D eigenvalue weighted by Gasteiger charge is -2.27. The molecule has 0 saturated heterocycles. The first-order valence-corrected chi connectivity index (χ1v) is 9.92. The van der Waals surface area contributed by atoms with Crippen molar-refractivity contribution in [1.82, 2.24) is 4.90 Å². The van der Waals surface area contributed by atoms with E-state index in [9.17, 15) is 23.3 Å². The van der Waals surface area contributed by atoms with Gasteiger partial charge in [-0.2, -0.15) is 8.42 Å². The Morgan fingerprint density at radius 1 is 1.19 bits per heavy atom. The zero-order valence-corrected chi connectivity index (χ0v) is 16.0. The lowest BCUT2D eigenvalue weighted by atomic mass is 10.1. The van der Waals surface area contributed by atoms with E-state index >= 15 is 0 Å². The van der Waals surface area contributed by atoms with Gasteiger partial charge in [-0.25, -0.2) is 0 Å². The van der Waals surface area contributed by atoms with Crippen LogP contribution in [0.4, 0.5) is 5.69 Å². The second-order valence-corrected chi connectivity index (χ2v) is 7.84. The van der Waals surface area contributed by atoms with Crippen LogP contribution in [0.3, 0.4) is 0 Å². The van der Waals surface area contributed by atoms with E-state index < -0.39 is 15.0 Å². The zero-order valence-electron chi connectivity index (χ0n) is 15.2. The first-order chi connectivity index (χ1) is 12.6. The first-order valence-electron chi connectivity index (χ1n) is 8.10. The van der Waals surface area contributed by atoms with E-state index in [2.05, 4.69) is 0 Å². The van der Waals surface area contributed by atoms with Gasteiger partial charge in [0.05, 0.1) is 11.2 Å². The van der Waals surface area contributed by atoms with Crippen LogP contribution in [-0.4, -0.2) is 36.4 Å². The molecule has 1 amide bonds. The molecule has 0 bridgehead atoms. The molecule has 0 spiro atoms. The van der Waals surface area contributed by atoms with Gasteiger partial charge in [-0.1, -0.05) is 18.2 Å². The summed E-state index contributed by atoms with van der Waals surface area (Å²) < 4.78 is 27.4. The van der Waals surface area contributed by atoms with Gasteiger partial charge in [0.1, 0.15) is 5.75 Å². The van der Waals surface area contributed by atoms with E-state index in [-0.39, 0.29) is 35.5 Å². The molecule has 2 aromatic carbocycles. The summed E-state index contributed by atoms with van der Waals surface area (Å²) in [5.41, 5.74) is 0.721. The van der Waals surface area contributed by atoms with Gasteiger partial charge in [0.2, 0.25) is 0 Å². The second-order valence-electron chi connectivity index (χ2n) is 6.27. The van der Waals surface area contributed by atoms with Crippen LogP contribution in [0.15, 0.2) is 48.5 Å². The van der Waals surface area contributed by atoms with Gasteiger partial charge in [-0.3, -0.25) is 14.9 Å². The highest BCUT2D eigenvalue weighted by Crippen LogP contribution is 2.20. The van der Waals surface area contributed by atoms with Crippen LogP contribution in [0.2, 0.25) is 0 Å². The van der Waals surface area contributed by atoms with E-state index in [1.807, 2.05) is 13.8 Å². The van der Waals surface area contributed by atoms with Gasteiger partial charge in [0.25, 0.3) is 11.6 Å². The fraction of sp³-hybridized carbons (Fsp3) is 0.278. The molecule has 0 aliphatic heterocycles. The van der Waals surface area contributed by atoms with E-state index in [0.29, 0.717) is 5.56 Å². The third kappa shape index (κ3) is 5.78. The highest BCUT2D eigenvalue weighted by Gasteiger charge is 2.21. The van der Waals surface area contributed by atoms with Gasteiger partial charge >= 0.3 is 10.1 Å². The second kappa shape index (κ2) is 8.17. The molecule has 0 N–H and O–H groups in total. The number of nitro benzene ring substituents is 1. The van der Waals surface area contributed by atoms with Crippen molar-refractivity contribution in [3.05, 3.63) is 69.8 Å². The summed E-state index contributed by atoms with van der Waals surface area (Å²) in [5, 5.41) is 10.9. The number of nitro groups is 1. The summed E-state index contributed by atoms with van der Waals surface area (Å²) in [7, 11) is -3.66. The Kier molecular flexibility index (Phi) is 6.17. The standard InChI is InChI=1S/C18H20N2O6S/c1-13(2)19(18(21)15-7-5-8-16(11-15)20(22)23)12-14-6-4-9-17(10-14)26-27(3,24)25/h4-11,13H,12H2,1-3H3. The van der Waals surface area contributed by atoms with E-state index in [1.54, 1.807) is 17.0 Å². The van der Waals surface area contributed by atoms with Crippen LogP contribution in [0.5, 0.6) is 5.75 Å². The number of non-ortho nitro benzene ring substituents is 1. The molecule has 0 unspecified atom stereocenters. The van der Waals surface area contributed by atoms with Crippen LogP contribution in [0, 0.1) is 10.1 Å². The van der Waals surface area contributed by atoms with Crippen molar-refractivity contribution in [1.29, 1.82) is 0 Å².